The summed E-state index contributed by atoms with van der Waals surface area (Å²) in [5.41, 5.74) is 2.40. The molecule has 2 heterocycles. The van der Waals surface area contributed by atoms with E-state index in [-0.39, 0.29) is 42.9 Å². The Morgan fingerprint density at radius 3 is 2.79 bits per heavy atom. The number of hydrogen-bond acceptors (Lipinski definition) is 4. The van der Waals surface area contributed by atoms with Crippen LogP contribution in [0.15, 0.2) is 24.3 Å². The fourth-order valence-electron chi connectivity index (χ4n) is 3.30. The van der Waals surface area contributed by atoms with Crippen molar-refractivity contribution < 1.29 is 9.53 Å². The van der Waals surface area contributed by atoms with Crippen molar-refractivity contribution in [3.63, 3.8) is 0 Å². The van der Waals surface area contributed by atoms with Crippen molar-refractivity contribution in [2.45, 2.75) is 25.0 Å². The van der Waals surface area contributed by atoms with E-state index < -0.39 is 0 Å². The van der Waals surface area contributed by atoms with Gasteiger partial charge in [0.2, 0.25) is 0 Å². The molecule has 1 aromatic carbocycles. The predicted octanol–water partition coefficient (Wildman–Crippen LogP) is 2.25. The summed E-state index contributed by atoms with van der Waals surface area (Å²) in [4.78, 5) is 16.9. The fourth-order valence-corrected chi connectivity index (χ4v) is 3.30. The van der Waals surface area contributed by atoms with E-state index in [1.807, 2.05) is 19.0 Å². The Labute approximate surface area is 156 Å². The smallest absolute Gasteiger partial charge is 0.253 e. The van der Waals surface area contributed by atoms with Crippen LogP contribution in [0.3, 0.4) is 0 Å². The molecule has 2 atom stereocenters. The SMILES string of the molecule is CN(C)c1cccc(C2CCCN2C(=O)C2CNCCO2)c1.Cl.Cl. The molecular formula is C17H27Cl2N3O2. The minimum atomic E-state index is -0.327. The molecule has 7 heteroatoms. The van der Waals surface area contributed by atoms with Crippen LogP contribution in [0.1, 0.15) is 24.4 Å². The van der Waals surface area contributed by atoms with Gasteiger partial charge in [0.1, 0.15) is 6.10 Å². The number of amides is 1. The maximum absolute atomic E-state index is 12.8. The number of benzene rings is 1. The van der Waals surface area contributed by atoms with Crippen LogP contribution < -0.4 is 10.2 Å². The molecule has 136 valence electrons. The molecule has 2 aliphatic rings. The molecule has 1 N–H and O–H groups in total. The van der Waals surface area contributed by atoms with Gasteiger partial charge in [-0.2, -0.15) is 0 Å². The summed E-state index contributed by atoms with van der Waals surface area (Å²) < 4.78 is 5.64. The molecule has 0 aromatic heterocycles. The average Bonchev–Trinajstić information content (AvgIpc) is 3.04. The molecule has 0 radical (unpaired) electrons. The second-order valence-electron chi connectivity index (χ2n) is 6.24. The van der Waals surface area contributed by atoms with Gasteiger partial charge < -0.3 is 19.9 Å². The highest BCUT2D eigenvalue weighted by Crippen LogP contribution is 2.34. The Hall–Kier alpha value is -1.01. The third kappa shape index (κ3) is 4.54. The Kier molecular flexibility index (Phi) is 8.30. The van der Waals surface area contributed by atoms with Crippen molar-refractivity contribution in [2.24, 2.45) is 0 Å². The van der Waals surface area contributed by atoms with Crippen molar-refractivity contribution in [3.8, 4) is 0 Å². The minimum absolute atomic E-state index is 0. The van der Waals surface area contributed by atoms with Crippen LogP contribution >= 0.6 is 24.8 Å². The molecule has 0 saturated carbocycles. The number of halogens is 2. The number of nitrogens with one attached hydrogen (secondary N) is 1. The summed E-state index contributed by atoms with van der Waals surface area (Å²) in [5.74, 6) is 0.130. The maximum Gasteiger partial charge on any atom is 0.253 e. The predicted molar refractivity (Wildman–Crippen MR) is 102 cm³/mol. The first-order valence-electron chi connectivity index (χ1n) is 8.07. The Morgan fingerprint density at radius 2 is 2.12 bits per heavy atom. The zero-order valence-corrected chi connectivity index (χ0v) is 15.9. The lowest BCUT2D eigenvalue weighted by Crippen LogP contribution is -2.49. The van der Waals surface area contributed by atoms with E-state index in [4.69, 9.17) is 4.74 Å². The minimum Gasteiger partial charge on any atom is -0.378 e. The first-order valence-corrected chi connectivity index (χ1v) is 8.07. The van der Waals surface area contributed by atoms with E-state index in [1.54, 1.807) is 0 Å². The van der Waals surface area contributed by atoms with Crippen LogP contribution in [-0.2, 0) is 9.53 Å². The van der Waals surface area contributed by atoms with Crippen LogP contribution in [0.4, 0.5) is 5.69 Å². The molecule has 1 amide bonds. The zero-order valence-electron chi connectivity index (χ0n) is 14.2. The topological polar surface area (TPSA) is 44.8 Å². The highest BCUT2D eigenvalue weighted by molar-refractivity contribution is 5.85. The van der Waals surface area contributed by atoms with Gasteiger partial charge in [-0.1, -0.05) is 12.1 Å². The summed E-state index contributed by atoms with van der Waals surface area (Å²) in [7, 11) is 4.08. The van der Waals surface area contributed by atoms with Crippen molar-refractivity contribution in [1.29, 1.82) is 0 Å². The van der Waals surface area contributed by atoms with E-state index in [0.717, 1.165) is 25.9 Å². The molecule has 3 rings (SSSR count). The first-order chi connectivity index (χ1) is 10.7. The summed E-state index contributed by atoms with van der Waals surface area (Å²) in [6, 6.07) is 8.67. The lowest BCUT2D eigenvalue weighted by Gasteiger charge is -2.31. The average molecular weight is 376 g/mol. The summed E-state index contributed by atoms with van der Waals surface area (Å²) in [5, 5.41) is 3.24. The van der Waals surface area contributed by atoms with Crippen LogP contribution in [0.25, 0.3) is 0 Å². The molecule has 24 heavy (non-hydrogen) atoms. The highest BCUT2D eigenvalue weighted by atomic mass is 35.5. The van der Waals surface area contributed by atoms with Gasteiger partial charge in [-0.25, -0.2) is 0 Å². The van der Waals surface area contributed by atoms with E-state index >= 15 is 0 Å². The second kappa shape index (κ2) is 9.47. The molecule has 0 aliphatic carbocycles. The summed E-state index contributed by atoms with van der Waals surface area (Å²) in [6.07, 6.45) is 1.76. The number of morpholine rings is 1. The monoisotopic (exact) mass is 375 g/mol. The van der Waals surface area contributed by atoms with Crippen LogP contribution in [0.5, 0.6) is 0 Å². The molecule has 5 nitrogen and oxygen atoms in total. The van der Waals surface area contributed by atoms with Gasteiger partial charge in [0.05, 0.1) is 12.6 Å². The third-order valence-electron chi connectivity index (χ3n) is 4.51. The standard InChI is InChI=1S/C17H25N3O2.2ClH/c1-19(2)14-6-3-5-13(11-14)15-7-4-9-20(15)17(21)16-12-18-8-10-22-16;;/h3,5-6,11,15-16,18H,4,7-10,12H2,1-2H3;2*1H. The van der Waals surface area contributed by atoms with Gasteiger partial charge in [0.25, 0.3) is 5.91 Å². The van der Waals surface area contributed by atoms with Gasteiger partial charge in [-0.05, 0) is 30.5 Å². The van der Waals surface area contributed by atoms with Crippen molar-refractivity contribution >= 4 is 36.4 Å². The molecule has 2 saturated heterocycles. The molecular weight excluding hydrogens is 349 g/mol. The quantitative estimate of drug-likeness (QED) is 0.879. The number of nitrogens with zero attached hydrogens (tertiary/aromatic N) is 2. The number of likely N-dealkylation sites (tertiary alicyclic amines) is 1. The molecule has 2 fully saturated rings. The van der Waals surface area contributed by atoms with Crippen molar-refractivity contribution in [1.82, 2.24) is 10.2 Å². The Bertz CT molecular complexity index is 536. The van der Waals surface area contributed by atoms with Crippen LogP contribution in [0.2, 0.25) is 0 Å². The number of ether oxygens (including phenoxy) is 1. The van der Waals surface area contributed by atoms with E-state index in [2.05, 4.69) is 34.5 Å². The Balaban J connectivity index is 0.00000144. The molecule has 2 aliphatic heterocycles. The van der Waals surface area contributed by atoms with Gasteiger partial charge in [-0.15, -0.1) is 24.8 Å². The lowest BCUT2D eigenvalue weighted by molar-refractivity contribution is -0.146. The molecule has 2 unspecified atom stereocenters. The lowest BCUT2D eigenvalue weighted by atomic mass is 10.0. The fraction of sp³-hybridized carbons (Fsp3) is 0.588. The van der Waals surface area contributed by atoms with Crippen LogP contribution in [0, 0.1) is 0 Å². The largest absolute Gasteiger partial charge is 0.378 e. The van der Waals surface area contributed by atoms with E-state index in [1.165, 1.54) is 11.3 Å². The van der Waals surface area contributed by atoms with Gasteiger partial charge in [0.15, 0.2) is 0 Å². The normalized spacial score (nSPS) is 23.2. The number of carbonyl (C=O) groups is 1. The highest BCUT2D eigenvalue weighted by Gasteiger charge is 2.35. The first kappa shape index (κ1) is 21.0. The second-order valence-corrected chi connectivity index (χ2v) is 6.24. The molecule has 0 spiro atoms. The number of rotatable bonds is 3. The zero-order chi connectivity index (χ0) is 15.5. The van der Waals surface area contributed by atoms with E-state index in [9.17, 15) is 4.79 Å². The Morgan fingerprint density at radius 1 is 1.33 bits per heavy atom. The number of hydrogen-bond donors (Lipinski definition) is 1. The van der Waals surface area contributed by atoms with Crippen molar-refractivity contribution in [2.75, 3.05) is 45.2 Å². The van der Waals surface area contributed by atoms with Gasteiger partial charge in [0, 0.05) is 39.4 Å². The van der Waals surface area contributed by atoms with E-state index in [0.29, 0.717) is 13.2 Å². The van der Waals surface area contributed by atoms with Gasteiger partial charge >= 0.3 is 0 Å². The molecule has 0 bridgehead atoms. The van der Waals surface area contributed by atoms with Crippen molar-refractivity contribution in [3.05, 3.63) is 29.8 Å². The maximum atomic E-state index is 12.8. The van der Waals surface area contributed by atoms with Gasteiger partial charge in [-0.3, -0.25) is 4.79 Å². The number of carbonyl (C=O) groups excluding carboxylic acids is 1. The summed E-state index contributed by atoms with van der Waals surface area (Å²) >= 11 is 0. The molecule has 1 aromatic rings. The third-order valence-corrected chi connectivity index (χ3v) is 4.51. The number of anilines is 1. The summed E-state index contributed by atoms with van der Waals surface area (Å²) in [6.45, 7) is 2.90. The van der Waals surface area contributed by atoms with Crippen LogP contribution in [-0.4, -0.2) is 57.2 Å².